The van der Waals surface area contributed by atoms with Crippen LogP contribution in [0.15, 0.2) is 29.8 Å². The molecule has 6 heteroatoms. The Morgan fingerprint density at radius 3 is 3.00 bits per heavy atom. The number of likely N-dealkylation sites (tertiary alicyclic amines) is 1. The summed E-state index contributed by atoms with van der Waals surface area (Å²) in [6.45, 7) is 1.94. The molecule has 2 fully saturated rings. The molecule has 5 rings (SSSR count). The second-order valence-corrected chi connectivity index (χ2v) is 8.06. The molecule has 3 aliphatic heterocycles. The summed E-state index contributed by atoms with van der Waals surface area (Å²) in [6, 6.07) is 6.72. The summed E-state index contributed by atoms with van der Waals surface area (Å²) in [7, 11) is 0. The average Bonchev–Trinajstić information content (AvgIpc) is 3.34. The summed E-state index contributed by atoms with van der Waals surface area (Å²) < 4.78 is 11.0. The van der Waals surface area contributed by atoms with Gasteiger partial charge in [-0.05, 0) is 49.8 Å². The second kappa shape index (κ2) is 7.17. The van der Waals surface area contributed by atoms with E-state index in [1.807, 2.05) is 6.07 Å². The highest BCUT2D eigenvalue weighted by molar-refractivity contribution is 5.79. The van der Waals surface area contributed by atoms with Gasteiger partial charge in [0.2, 0.25) is 12.7 Å². The number of allylic oxidation sites excluding steroid dienone is 1. The Hall–Kier alpha value is -2.05. The van der Waals surface area contributed by atoms with Crippen LogP contribution in [0, 0.1) is 5.92 Å². The first-order valence-electron chi connectivity index (χ1n) is 10.1. The van der Waals surface area contributed by atoms with Gasteiger partial charge in [0, 0.05) is 31.5 Å². The van der Waals surface area contributed by atoms with Crippen molar-refractivity contribution in [3.05, 3.63) is 35.4 Å². The van der Waals surface area contributed by atoms with E-state index in [9.17, 15) is 4.79 Å². The summed E-state index contributed by atoms with van der Waals surface area (Å²) in [6.07, 6.45) is 8.59. The molecule has 0 radical (unpaired) electrons. The Bertz CT molecular complexity index is 763. The van der Waals surface area contributed by atoms with Crippen LogP contribution in [0.1, 0.15) is 50.1 Å². The standard InChI is InChI=1S/C21H27N3O3/c25-20(10-14-4-2-1-3-5-14)24-9-8-17-16(12-24)21(23-22-17)15-6-7-18-19(11-15)27-13-26-18/h4,6-7,11,16-17,21-23H,1-3,5,8-10,12-13H2. The molecule has 0 saturated carbocycles. The first-order valence-corrected chi connectivity index (χ1v) is 10.1. The van der Waals surface area contributed by atoms with Gasteiger partial charge in [-0.25, -0.2) is 5.43 Å². The highest BCUT2D eigenvalue weighted by Gasteiger charge is 2.41. The fourth-order valence-corrected chi connectivity index (χ4v) is 4.84. The van der Waals surface area contributed by atoms with Crippen LogP contribution < -0.4 is 20.3 Å². The molecule has 1 aliphatic carbocycles. The van der Waals surface area contributed by atoms with Crippen molar-refractivity contribution < 1.29 is 14.3 Å². The topological polar surface area (TPSA) is 62.8 Å². The van der Waals surface area contributed by atoms with Gasteiger partial charge in [-0.1, -0.05) is 17.7 Å². The molecule has 3 heterocycles. The zero-order chi connectivity index (χ0) is 18.2. The predicted molar refractivity (Wildman–Crippen MR) is 101 cm³/mol. The third kappa shape index (κ3) is 3.32. The predicted octanol–water partition coefficient (Wildman–Crippen LogP) is 2.67. The van der Waals surface area contributed by atoms with Crippen molar-refractivity contribution in [2.75, 3.05) is 19.9 Å². The number of fused-ring (bicyclic) bond motifs is 2. The van der Waals surface area contributed by atoms with E-state index < -0.39 is 0 Å². The average molecular weight is 369 g/mol. The molecule has 27 heavy (non-hydrogen) atoms. The second-order valence-electron chi connectivity index (χ2n) is 8.06. The molecular weight excluding hydrogens is 342 g/mol. The normalized spacial score (nSPS) is 29.4. The molecule has 0 spiro atoms. The Labute approximate surface area is 159 Å². The third-order valence-corrected chi connectivity index (χ3v) is 6.38. The van der Waals surface area contributed by atoms with Crippen molar-refractivity contribution in [2.45, 2.75) is 50.6 Å². The molecule has 144 valence electrons. The molecule has 1 aromatic carbocycles. The first kappa shape index (κ1) is 17.1. The fourth-order valence-electron chi connectivity index (χ4n) is 4.84. The summed E-state index contributed by atoms with van der Waals surface area (Å²) in [4.78, 5) is 14.9. The maximum absolute atomic E-state index is 12.9. The molecule has 3 atom stereocenters. The SMILES string of the molecule is O=C(CC1=CCCCC1)N1CCC2NNC(c3ccc4c(c3)OCO4)C2C1. The zero-order valence-corrected chi connectivity index (χ0v) is 15.6. The molecule has 3 unspecified atom stereocenters. The van der Waals surface area contributed by atoms with E-state index in [2.05, 4.69) is 34.0 Å². The van der Waals surface area contributed by atoms with E-state index in [4.69, 9.17) is 9.47 Å². The number of hydrogen-bond acceptors (Lipinski definition) is 5. The van der Waals surface area contributed by atoms with Gasteiger partial charge in [0.1, 0.15) is 0 Å². The minimum atomic E-state index is 0.175. The van der Waals surface area contributed by atoms with E-state index in [1.54, 1.807) is 0 Å². The lowest BCUT2D eigenvalue weighted by Crippen LogP contribution is -2.47. The summed E-state index contributed by atoms with van der Waals surface area (Å²) in [5.41, 5.74) is 9.42. The Morgan fingerprint density at radius 2 is 2.11 bits per heavy atom. The minimum absolute atomic E-state index is 0.175. The van der Waals surface area contributed by atoms with Gasteiger partial charge in [-0.15, -0.1) is 0 Å². The highest BCUT2D eigenvalue weighted by atomic mass is 16.7. The Kier molecular flexibility index (Phi) is 4.53. The van der Waals surface area contributed by atoms with Crippen molar-refractivity contribution in [3.63, 3.8) is 0 Å². The summed E-state index contributed by atoms with van der Waals surface area (Å²) in [5, 5.41) is 0. The quantitative estimate of drug-likeness (QED) is 0.802. The molecule has 2 saturated heterocycles. The lowest BCUT2D eigenvalue weighted by Gasteiger charge is -2.36. The number of amides is 1. The van der Waals surface area contributed by atoms with Crippen molar-refractivity contribution in [1.29, 1.82) is 0 Å². The highest BCUT2D eigenvalue weighted by Crippen LogP contribution is 2.39. The van der Waals surface area contributed by atoms with Crippen molar-refractivity contribution >= 4 is 5.91 Å². The lowest BCUT2D eigenvalue weighted by molar-refractivity contribution is -0.132. The van der Waals surface area contributed by atoms with Gasteiger partial charge in [-0.2, -0.15) is 0 Å². The maximum atomic E-state index is 12.9. The molecular formula is C21H27N3O3. The van der Waals surface area contributed by atoms with Gasteiger partial charge >= 0.3 is 0 Å². The number of carbonyl (C=O) groups excluding carboxylic acids is 1. The Morgan fingerprint density at radius 1 is 1.19 bits per heavy atom. The number of nitrogens with zero attached hydrogens (tertiary/aromatic N) is 1. The van der Waals surface area contributed by atoms with Gasteiger partial charge in [0.15, 0.2) is 11.5 Å². The van der Waals surface area contributed by atoms with Crippen LogP contribution in [0.25, 0.3) is 0 Å². The van der Waals surface area contributed by atoms with Crippen LogP contribution in [0.4, 0.5) is 0 Å². The molecule has 0 aromatic heterocycles. The number of piperidine rings is 1. The first-order chi connectivity index (χ1) is 13.3. The van der Waals surface area contributed by atoms with Crippen molar-refractivity contribution in [3.8, 4) is 11.5 Å². The van der Waals surface area contributed by atoms with Gasteiger partial charge in [0.25, 0.3) is 0 Å². The molecule has 0 bridgehead atoms. The van der Waals surface area contributed by atoms with Crippen LogP contribution in [0.5, 0.6) is 11.5 Å². The van der Waals surface area contributed by atoms with E-state index in [1.165, 1.54) is 24.0 Å². The number of hydrazine groups is 1. The number of nitrogens with one attached hydrogen (secondary N) is 2. The van der Waals surface area contributed by atoms with Crippen LogP contribution in [0.2, 0.25) is 0 Å². The summed E-state index contributed by atoms with van der Waals surface area (Å²) in [5.74, 6) is 2.27. The number of hydrogen-bond donors (Lipinski definition) is 2. The molecule has 1 aromatic rings. The van der Waals surface area contributed by atoms with E-state index in [0.29, 0.717) is 25.2 Å². The molecule has 1 amide bonds. The smallest absolute Gasteiger partial charge is 0.231 e. The Balaban J connectivity index is 1.29. The molecule has 4 aliphatic rings. The minimum Gasteiger partial charge on any atom is -0.454 e. The van der Waals surface area contributed by atoms with Crippen LogP contribution in [-0.2, 0) is 4.79 Å². The molecule has 6 nitrogen and oxygen atoms in total. The fraction of sp³-hybridized carbons (Fsp3) is 0.571. The number of ether oxygens (including phenoxy) is 2. The zero-order valence-electron chi connectivity index (χ0n) is 15.6. The van der Waals surface area contributed by atoms with Crippen molar-refractivity contribution in [1.82, 2.24) is 15.8 Å². The third-order valence-electron chi connectivity index (χ3n) is 6.38. The lowest BCUT2D eigenvalue weighted by atomic mass is 9.84. The van der Waals surface area contributed by atoms with E-state index in [0.717, 1.165) is 43.9 Å². The maximum Gasteiger partial charge on any atom is 0.231 e. The van der Waals surface area contributed by atoms with E-state index >= 15 is 0 Å². The van der Waals surface area contributed by atoms with Crippen LogP contribution in [0.3, 0.4) is 0 Å². The number of benzene rings is 1. The van der Waals surface area contributed by atoms with Crippen LogP contribution in [-0.4, -0.2) is 36.7 Å². The van der Waals surface area contributed by atoms with Gasteiger partial charge in [-0.3, -0.25) is 10.2 Å². The van der Waals surface area contributed by atoms with Gasteiger partial charge < -0.3 is 14.4 Å². The molecule has 2 N–H and O–H groups in total. The van der Waals surface area contributed by atoms with Crippen LogP contribution >= 0.6 is 0 Å². The van der Waals surface area contributed by atoms with Gasteiger partial charge in [0.05, 0.1) is 6.04 Å². The van der Waals surface area contributed by atoms with E-state index in [-0.39, 0.29) is 11.9 Å². The largest absolute Gasteiger partial charge is 0.454 e. The summed E-state index contributed by atoms with van der Waals surface area (Å²) >= 11 is 0. The number of carbonyl (C=O) groups is 1. The monoisotopic (exact) mass is 369 g/mol. The van der Waals surface area contributed by atoms with Crippen molar-refractivity contribution in [2.24, 2.45) is 5.92 Å². The number of rotatable bonds is 3.